The van der Waals surface area contributed by atoms with Gasteiger partial charge in [-0.2, -0.15) is 0 Å². The number of unbranched alkanes of at least 4 members (excludes halogenated alkanes) is 1. The molecule has 0 saturated carbocycles. The Morgan fingerprint density at radius 1 is 1.35 bits per heavy atom. The largest absolute Gasteiger partial charge is 0.480 e. The maximum Gasteiger partial charge on any atom is 0.325 e. The van der Waals surface area contributed by atoms with E-state index in [0.717, 1.165) is 12.8 Å². The molecule has 0 saturated heterocycles. The summed E-state index contributed by atoms with van der Waals surface area (Å²) in [4.78, 5) is 22.5. The number of hydrogen-bond acceptors (Lipinski definition) is 3. The molecule has 20 heavy (non-hydrogen) atoms. The zero-order valence-corrected chi connectivity index (χ0v) is 13.1. The van der Waals surface area contributed by atoms with Crippen molar-refractivity contribution in [2.75, 3.05) is 7.11 Å². The Hall–Kier alpha value is -1.36. The van der Waals surface area contributed by atoms with Gasteiger partial charge in [-0.05, 0) is 31.6 Å². The minimum atomic E-state index is -1.05. The van der Waals surface area contributed by atoms with Gasteiger partial charge in [0, 0.05) is 7.11 Å². The number of carbonyl (C=O) groups excluding carboxylic acids is 1. The summed E-state index contributed by atoms with van der Waals surface area (Å²) in [5.74, 6) is -1.43. The van der Waals surface area contributed by atoms with E-state index in [-0.39, 0.29) is 11.3 Å². The molecule has 2 N–H and O–H groups in total. The highest BCUT2D eigenvalue weighted by Crippen LogP contribution is 2.15. The van der Waals surface area contributed by atoms with Crippen LogP contribution in [-0.4, -0.2) is 36.2 Å². The van der Waals surface area contributed by atoms with Gasteiger partial charge in [-0.1, -0.05) is 32.9 Å². The van der Waals surface area contributed by atoms with Crippen LogP contribution in [-0.2, 0) is 14.3 Å². The number of hydrogen-bond donors (Lipinski definition) is 2. The minimum absolute atomic E-state index is 0.162. The SMILES string of the molecule is CO[C@H](CCC/C=C/C(C)(C)C)C(=O)N[C@@H](C)C(=O)O. The maximum atomic E-state index is 11.8. The molecule has 0 aromatic heterocycles. The molecule has 0 fully saturated rings. The quantitative estimate of drug-likeness (QED) is 0.530. The Balaban J connectivity index is 4.13. The summed E-state index contributed by atoms with van der Waals surface area (Å²) in [7, 11) is 1.46. The molecule has 0 aliphatic carbocycles. The summed E-state index contributed by atoms with van der Waals surface area (Å²) < 4.78 is 5.11. The van der Waals surface area contributed by atoms with Crippen LogP contribution in [0.2, 0.25) is 0 Å². The molecule has 116 valence electrons. The highest BCUT2D eigenvalue weighted by molar-refractivity contribution is 5.86. The first-order valence-corrected chi connectivity index (χ1v) is 6.91. The van der Waals surface area contributed by atoms with Crippen LogP contribution in [0.5, 0.6) is 0 Å². The minimum Gasteiger partial charge on any atom is -0.480 e. The number of allylic oxidation sites excluding steroid dienone is 2. The van der Waals surface area contributed by atoms with E-state index in [9.17, 15) is 9.59 Å². The Labute approximate surface area is 121 Å². The Bertz CT molecular complexity index is 344. The number of amides is 1. The van der Waals surface area contributed by atoms with E-state index in [4.69, 9.17) is 9.84 Å². The molecule has 0 heterocycles. The van der Waals surface area contributed by atoms with Crippen LogP contribution in [0.15, 0.2) is 12.2 Å². The fraction of sp³-hybridized carbons (Fsp3) is 0.733. The molecule has 1 amide bonds. The molecule has 0 bridgehead atoms. The first-order valence-electron chi connectivity index (χ1n) is 6.91. The van der Waals surface area contributed by atoms with E-state index < -0.39 is 18.1 Å². The number of carbonyl (C=O) groups is 2. The zero-order valence-electron chi connectivity index (χ0n) is 13.1. The van der Waals surface area contributed by atoms with Crippen molar-refractivity contribution in [2.45, 2.75) is 59.1 Å². The lowest BCUT2D eigenvalue weighted by atomic mass is 9.95. The molecule has 0 aliphatic heterocycles. The molecular weight excluding hydrogens is 258 g/mol. The average Bonchev–Trinajstić information content (AvgIpc) is 2.31. The standard InChI is InChI=1S/C15H27NO4/c1-11(14(18)19)16-13(17)12(20-5)9-7-6-8-10-15(2,3)4/h8,10-12H,6-7,9H2,1-5H3,(H,16,17)(H,18,19)/b10-8+/t11-,12+/m0/s1. The van der Waals surface area contributed by atoms with E-state index in [1.165, 1.54) is 14.0 Å². The molecule has 5 heteroatoms. The summed E-state index contributed by atoms with van der Waals surface area (Å²) in [5.41, 5.74) is 0.162. The molecular formula is C15H27NO4. The van der Waals surface area contributed by atoms with Gasteiger partial charge in [0.15, 0.2) is 0 Å². The number of carboxylic acid groups (broad SMARTS) is 1. The molecule has 0 spiro atoms. The topological polar surface area (TPSA) is 75.6 Å². The van der Waals surface area contributed by atoms with Crippen LogP contribution in [0.1, 0.15) is 47.0 Å². The molecule has 0 aliphatic rings. The smallest absolute Gasteiger partial charge is 0.325 e. The van der Waals surface area contributed by atoms with Crippen molar-refractivity contribution in [1.29, 1.82) is 0 Å². The van der Waals surface area contributed by atoms with Crippen molar-refractivity contribution in [1.82, 2.24) is 5.32 Å². The summed E-state index contributed by atoms with van der Waals surface area (Å²) in [6, 6.07) is -0.902. The zero-order chi connectivity index (χ0) is 15.8. The van der Waals surface area contributed by atoms with E-state index in [1.54, 1.807) is 0 Å². The van der Waals surface area contributed by atoms with Crippen molar-refractivity contribution in [2.24, 2.45) is 5.41 Å². The van der Waals surface area contributed by atoms with Crippen LogP contribution in [0.3, 0.4) is 0 Å². The van der Waals surface area contributed by atoms with Gasteiger partial charge in [0.2, 0.25) is 5.91 Å². The van der Waals surface area contributed by atoms with E-state index in [2.05, 4.69) is 38.2 Å². The highest BCUT2D eigenvalue weighted by atomic mass is 16.5. The number of methoxy groups -OCH3 is 1. The number of ether oxygens (including phenoxy) is 1. The first kappa shape index (κ1) is 18.6. The predicted octanol–water partition coefficient (Wildman–Crippen LogP) is 2.36. The third-order valence-electron chi connectivity index (χ3n) is 2.76. The summed E-state index contributed by atoms with van der Waals surface area (Å²) in [6.07, 6.45) is 5.91. The number of nitrogens with one attached hydrogen (secondary N) is 1. The third-order valence-corrected chi connectivity index (χ3v) is 2.76. The van der Waals surface area contributed by atoms with Crippen LogP contribution in [0, 0.1) is 5.41 Å². The van der Waals surface area contributed by atoms with Gasteiger partial charge in [0.05, 0.1) is 0 Å². The van der Waals surface area contributed by atoms with Gasteiger partial charge < -0.3 is 15.2 Å². The number of aliphatic carboxylic acids is 1. The van der Waals surface area contributed by atoms with Crippen LogP contribution >= 0.6 is 0 Å². The third kappa shape index (κ3) is 8.69. The molecule has 0 radical (unpaired) electrons. The second-order valence-corrected chi connectivity index (χ2v) is 5.99. The average molecular weight is 285 g/mol. The van der Waals surface area contributed by atoms with Crippen molar-refractivity contribution in [3.8, 4) is 0 Å². The van der Waals surface area contributed by atoms with Gasteiger partial charge in [-0.3, -0.25) is 9.59 Å². The molecule has 2 atom stereocenters. The lowest BCUT2D eigenvalue weighted by Gasteiger charge is -2.17. The maximum absolute atomic E-state index is 11.8. The highest BCUT2D eigenvalue weighted by Gasteiger charge is 2.21. The fourth-order valence-electron chi connectivity index (χ4n) is 1.58. The van der Waals surface area contributed by atoms with Crippen molar-refractivity contribution in [3.05, 3.63) is 12.2 Å². The predicted molar refractivity (Wildman–Crippen MR) is 78.5 cm³/mol. The molecule has 0 rings (SSSR count). The van der Waals surface area contributed by atoms with Crippen molar-refractivity contribution in [3.63, 3.8) is 0 Å². The van der Waals surface area contributed by atoms with Gasteiger partial charge >= 0.3 is 5.97 Å². The monoisotopic (exact) mass is 285 g/mol. The van der Waals surface area contributed by atoms with E-state index in [1.807, 2.05) is 0 Å². The lowest BCUT2D eigenvalue weighted by molar-refractivity contribution is -0.143. The van der Waals surface area contributed by atoms with Crippen LogP contribution in [0.4, 0.5) is 0 Å². The lowest BCUT2D eigenvalue weighted by Crippen LogP contribution is -2.44. The second kappa shape index (κ2) is 8.74. The number of rotatable bonds is 8. The van der Waals surface area contributed by atoms with Gasteiger partial charge in [0.1, 0.15) is 12.1 Å². The molecule has 5 nitrogen and oxygen atoms in total. The van der Waals surface area contributed by atoms with Crippen molar-refractivity contribution >= 4 is 11.9 Å². The van der Waals surface area contributed by atoms with Crippen LogP contribution in [0.25, 0.3) is 0 Å². The van der Waals surface area contributed by atoms with Gasteiger partial charge in [-0.15, -0.1) is 0 Å². The van der Waals surface area contributed by atoms with E-state index >= 15 is 0 Å². The Morgan fingerprint density at radius 2 is 1.95 bits per heavy atom. The fourth-order valence-corrected chi connectivity index (χ4v) is 1.58. The van der Waals surface area contributed by atoms with Crippen LogP contribution < -0.4 is 5.32 Å². The molecule has 0 unspecified atom stereocenters. The van der Waals surface area contributed by atoms with E-state index in [0.29, 0.717) is 6.42 Å². The summed E-state index contributed by atoms with van der Waals surface area (Å²) in [6.45, 7) is 7.81. The Kier molecular flexibility index (Phi) is 8.15. The normalized spacial score (nSPS) is 15.1. The molecule has 0 aromatic rings. The van der Waals surface area contributed by atoms with Crippen molar-refractivity contribution < 1.29 is 19.4 Å². The second-order valence-electron chi connectivity index (χ2n) is 5.99. The van der Waals surface area contributed by atoms with Gasteiger partial charge in [0.25, 0.3) is 0 Å². The molecule has 0 aromatic carbocycles. The number of carboxylic acids is 1. The summed E-state index contributed by atoms with van der Waals surface area (Å²) >= 11 is 0. The Morgan fingerprint density at radius 3 is 2.40 bits per heavy atom. The first-order chi connectivity index (χ1) is 9.17. The summed E-state index contributed by atoms with van der Waals surface area (Å²) in [5, 5.41) is 11.2. The van der Waals surface area contributed by atoms with Gasteiger partial charge in [-0.25, -0.2) is 0 Å².